The topological polar surface area (TPSA) is 59.5 Å². The second-order valence-electron chi connectivity index (χ2n) is 6.29. The molecule has 132 valence electrons. The van der Waals surface area contributed by atoms with Crippen molar-refractivity contribution in [2.24, 2.45) is 5.92 Å². The molecule has 0 bridgehead atoms. The second-order valence-corrected chi connectivity index (χ2v) is 7.35. The van der Waals surface area contributed by atoms with Crippen LogP contribution in [0.1, 0.15) is 37.2 Å². The van der Waals surface area contributed by atoms with E-state index in [0.717, 1.165) is 28.1 Å². The summed E-state index contributed by atoms with van der Waals surface area (Å²) >= 11 is 1.58. The number of amides is 1. The molecule has 1 aromatic heterocycles. The van der Waals surface area contributed by atoms with E-state index < -0.39 is 0 Å². The number of hydrogen-bond acceptors (Lipinski definition) is 5. The fraction of sp³-hybridized carbons (Fsp3) is 0.421. The predicted octanol–water partition coefficient (Wildman–Crippen LogP) is 3.72. The van der Waals surface area contributed by atoms with Crippen LogP contribution in [0.2, 0.25) is 0 Å². The minimum absolute atomic E-state index is 0.121. The van der Waals surface area contributed by atoms with Crippen LogP contribution >= 0.6 is 11.3 Å². The lowest BCUT2D eigenvalue weighted by Gasteiger charge is -2.23. The molecule has 0 unspecified atom stereocenters. The summed E-state index contributed by atoms with van der Waals surface area (Å²) in [7, 11) is 1.72. The van der Waals surface area contributed by atoms with E-state index in [2.05, 4.69) is 11.1 Å². The number of carbonyl (C=O) groups is 2. The largest absolute Gasteiger partial charge is 0.455 e. The summed E-state index contributed by atoms with van der Waals surface area (Å²) in [6, 6.07) is 7.74. The molecule has 2 aromatic rings. The van der Waals surface area contributed by atoms with Crippen molar-refractivity contribution < 1.29 is 14.3 Å². The first-order valence-corrected chi connectivity index (χ1v) is 9.30. The van der Waals surface area contributed by atoms with E-state index in [4.69, 9.17) is 4.74 Å². The van der Waals surface area contributed by atoms with Crippen LogP contribution in [0.4, 0.5) is 0 Å². The Morgan fingerprint density at radius 2 is 2.16 bits per heavy atom. The monoisotopic (exact) mass is 358 g/mol. The maximum atomic E-state index is 12.4. The molecule has 1 aliphatic carbocycles. The lowest BCUT2D eigenvalue weighted by atomic mass is 9.95. The van der Waals surface area contributed by atoms with Crippen molar-refractivity contribution in [1.29, 1.82) is 0 Å². The Balaban J connectivity index is 1.57. The number of fused-ring (bicyclic) bond motifs is 1. The van der Waals surface area contributed by atoms with Crippen LogP contribution in [0.5, 0.6) is 0 Å². The molecular weight excluding hydrogens is 336 g/mol. The van der Waals surface area contributed by atoms with Crippen molar-refractivity contribution in [2.45, 2.75) is 32.2 Å². The van der Waals surface area contributed by atoms with Crippen molar-refractivity contribution in [3.05, 3.63) is 41.4 Å². The highest BCUT2D eigenvalue weighted by Gasteiger charge is 2.24. The average Bonchev–Trinajstić information content (AvgIpc) is 3.09. The third-order valence-electron chi connectivity index (χ3n) is 4.58. The van der Waals surface area contributed by atoms with Gasteiger partial charge in [-0.15, -0.1) is 11.3 Å². The molecule has 25 heavy (non-hydrogen) atoms. The molecule has 0 spiro atoms. The number of esters is 1. The van der Waals surface area contributed by atoms with Crippen molar-refractivity contribution >= 4 is 33.4 Å². The number of rotatable bonds is 5. The number of allylic oxidation sites excluding steroid dienone is 2. The molecule has 1 aliphatic rings. The SMILES string of the molecule is C[C@@H](c1nc2ccccc2s1)N(C)C(=O)COC(=O)[C@H]1CC=CCC1. The molecule has 0 fully saturated rings. The van der Waals surface area contributed by atoms with Crippen LogP contribution in [0.25, 0.3) is 10.2 Å². The molecule has 6 heteroatoms. The summed E-state index contributed by atoms with van der Waals surface area (Å²) in [6.07, 6.45) is 6.45. The van der Waals surface area contributed by atoms with Gasteiger partial charge in [0, 0.05) is 7.05 Å². The number of nitrogens with zero attached hydrogens (tertiary/aromatic N) is 2. The van der Waals surface area contributed by atoms with Gasteiger partial charge in [0.25, 0.3) is 5.91 Å². The molecule has 3 rings (SSSR count). The van der Waals surface area contributed by atoms with Gasteiger partial charge in [0.1, 0.15) is 5.01 Å². The Hall–Kier alpha value is -2.21. The van der Waals surface area contributed by atoms with E-state index in [1.807, 2.05) is 37.3 Å². The lowest BCUT2D eigenvalue weighted by Crippen LogP contribution is -2.34. The number of hydrogen-bond donors (Lipinski definition) is 0. The Bertz CT molecular complexity index is 766. The smallest absolute Gasteiger partial charge is 0.309 e. The van der Waals surface area contributed by atoms with E-state index >= 15 is 0 Å². The Kier molecular flexibility index (Phi) is 5.48. The average molecular weight is 358 g/mol. The molecule has 0 radical (unpaired) electrons. The molecule has 2 atom stereocenters. The van der Waals surface area contributed by atoms with E-state index in [0.29, 0.717) is 6.42 Å². The molecule has 0 saturated carbocycles. The van der Waals surface area contributed by atoms with E-state index in [-0.39, 0.29) is 30.4 Å². The van der Waals surface area contributed by atoms with E-state index in [9.17, 15) is 9.59 Å². The number of benzene rings is 1. The Labute approximate surface area is 151 Å². The fourth-order valence-corrected chi connectivity index (χ4v) is 3.87. The van der Waals surface area contributed by atoms with Crippen molar-refractivity contribution in [3.63, 3.8) is 0 Å². The van der Waals surface area contributed by atoms with E-state index in [1.54, 1.807) is 23.3 Å². The number of aromatic nitrogens is 1. The van der Waals surface area contributed by atoms with Crippen molar-refractivity contribution in [1.82, 2.24) is 9.88 Å². The van der Waals surface area contributed by atoms with Gasteiger partial charge in [0.2, 0.25) is 0 Å². The molecule has 1 heterocycles. The van der Waals surface area contributed by atoms with Gasteiger partial charge in [-0.25, -0.2) is 4.98 Å². The van der Waals surface area contributed by atoms with Gasteiger partial charge >= 0.3 is 5.97 Å². The molecule has 0 saturated heterocycles. The van der Waals surface area contributed by atoms with E-state index in [1.165, 1.54) is 0 Å². The Morgan fingerprint density at radius 3 is 2.88 bits per heavy atom. The number of thiazole rings is 1. The van der Waals surface area contributed by atoms with Crippen LogP contribution in [0, 0.1) is 5.92 Å². The molecule has 1 amide bonds. The van der Waals surface area contributed by atoms with Crippen LogP contribution < -0.4 is 0 Å². The highest BCUT2D eigenvalue weighted by Crippen LogP contribution is 2.28. The number of para-hydroxylation sites is 1. The van der Waals surface area contributed by atoms with Crippen LogP contribution in [-0.4, -0.2) is 35.4 Å². The zero-order chi connectivity index (χ0) is 17.8. The normalized spacial score (nSPS) is 18.1. The fourth-order valence-electron chi connectivity index (χ4n) is 2.81. The summed E-state index contributed by atoms with van der Waals surface area (Å²) in [5.74, 6) is -0.616. The molecule has 1 aromatic carbocycles. The highest BCUT2D eigenvalue weighted by atomic mass is 32.1. The quantitative estimate of drug-likeness (QED) is 0.604. The number of ether oxygens (including phenoxy) is 1. The van der Waals surface area contributed by atoms with Gasteiger partial charge in [-0.1, -0.05) is 24.3 Å². The molecule has 0 aliphatic heterocycles. The van der Waals surface area contributed by atoms with Crippen LogP contribution in [0.3, 0.4) is 0 Å². The summed E-state index contributed by atoms with van der Waals surface area (Å²) in [5, 5.41) is 0.876. The predicted molar refractivity (Wildman–Crippen MR) is 98.2 cm³/mol. The van der Waals surface area contributed by atoms with Gasteiger partial charge < -0.3 is 9.64 Å². The van der Waals surface area contributed by atoms with Gasteiger partial charge in [0.05, 0.1) is 22.2 Å². The third kappa shape index (κ3) is 4.07. The second kappa shape index (κ2) is 7.78. The molecule has 0 N–H and O–H groups in total. The number of carbonyl (C=O) groups excluding carboxylic acids is 2. The standard InChI is InChI=1S/C19H22N2O3S/c1-13(18-20-15-10-6-7-11-16(15)25-18)21(2)17(22)12-24-19(23)14-8-4-3-5-9-14/h3-4,6-7,10-11,13-14H,5,8-9,12H2,1-2H3/t13-,14-/m0/s1. The molecule has 5 nitrogen and oxygen atoms in total. The summed E-state index contributed by atoms with van der Waals surface area (Å²) in [5.41, 5.74) is 0.937. The van der Waals surface area contributed by atoms with Crippen molar-refractivity contribution in [2.75, 3.05) is 13.7 Å². The minimum atomic E-state index is -0.279. The maximum Gasteiger partial charge on any atom is 0.309 e. The van der Waals surface area contributed by atoms with Gasteiger partial charge in [-0.3, -0.25) is 9.59 Å². The first-order valence-electron chi connectivity index (χ1n) is 8.49. The first kappa shape index (κ1) is 17.6. The van der Waals surface area contributed by atoms with Crippen LogP contribution in [-0.2, 0) is 14.3 Å². The lowest BCUT2D eigenvalue weighted by molar-refractivity contribution is -0.156. The molecular formula is C19H22N2O3S. The first-order chi connectivity index (χ1) is 12.1. The van der Waals surface area contributed by atoms with Gasteiger partial charge in [-0.05, 0) is 38.3 Å². The highest BCUT2D eigenvalue weighted by molar-refractivity contribution is 7.18. The summed E-state index contributed by atoms with van der Waals surface area (Å²) < 4.78 is 6.33. The maximum absolute atomic E-state index is 12.4. The van der Waals surface area contributed by atoms with Gasteiger partial charge in [0.15, 0.2) is 6.61 Å². The summed E-state index contributed by atoms with van der Waals surface area (Å²) in [4.78, 5) is 30.6. The Morgan fingerprint density at radius 1 is 1.36 bits per heavy atom. The summed E-state index contributed by atoms with van der Waals surface area (Å²) in [6.45, 7) is 1.72. The zero-order valence-electron chi connectivity index (χ0n) is 14.5. The van der Waals surface area contributed by atoms with Crippen LogP contribution in [0.15, 0.2) is 36.4 Å². The van der Waals surface area contributed by atoms with Gasteiger partial charge in [-0.2, -0.15) is 0 Å². The van der Waals surface area contributed by atoms with Crippen molar-refractivity contribution in [3.8, 4) is 0 Å². The third-order valence-corrected chi connectivity index (χ3v) is 5.79. The zero-order valence-corrected chi connectivity index (χ0v) is 15.3. The minimum Gasteiger partial charge on any atom is -0.455 e. The number of likely N-dealkylation sites (N-methyl/N-ethyl adjacent to an activating group) is 1.